The molecule has 5 rings (SSSR count). The van der Waals surface area contributed by atoms with Crippen molar-refractivity contribution >= 4 is 11.6 Å². The van der Waals surface area contributed by atoms with Gasteiger partial charge >= 0.3 is 5.97 Å². The number of aromatic nitrogens is 3. The molecule has 208 valence electrons. The second-order valence-corrected chi connectivity index (χ2v) is 11.9. The zero-order valence-corrected chi connectivity index (χ0v) is 25.7. The quantitative estimate of drug-likeness (QED) is 0.199. The fourth-order valence-corrected chi connectivity index (χ4v) is 4.85. The minimum absolute atomic E-state index is 0. The van der Waals surface area contributed by atoms with Crippen LogP contribution in [-0.4, -0.2) is 30.6 Å². The molecule has 0 aliphatic rings. The number of pyridine rings is 2. The van der Waals surface area contributed by atoms with Crippen LogP contribution in [-0.2, 0) is 31.9 Å². The number of carboxylic acid groups (broad SMARTS) is 1. The number of benzene rings is 2. The molecule has 6 nitrogen and oxygen atoms in total. The van der Waals surface area contributed by atoms with Crippen LogP contribution in [0.5, 0.6) is 5.75 Å². The Morgan fingerprint density at radius 2 is 1.50 bits per heavy atom. The Balaban J connectivity index is 0.00000370. The van der Waals surface area contributed by atoms with Gasteiger partial charge in [-0.25, -0.2) is 14.8 Å². The van der Waals surface area contributed by atoms with Crippen molar-refractivity contribution in [3.63, 3.8) is 0 Å². The third kappa shape index (κ3) is 5.33. The van der Waals surface area contributed by atoms with E-state index in [0.717, 1.165) is 22.4 Å². The topological polar surface area (TPSA) is 87.7 Å². The first-order chi connectivity index (χ1) is 18.4. The monoisotopic (exact) mass is 714 g/mol. The van der Waals surface area contributed by atoms with Gasteiger partial charge in [0.05, 0.1) is 11.4 Å². The minimum atomic E-state index is -1.09. The second-order valence-electron chi connectivity index (χ2n) is 11.9. The average molecular weight is 715 g/mol. The molecule has 0 atom stereocenters. The SMILES string of the molecule is CC(C)(C)c1cc(-c2nc3c(-c4cccc(C(=O)O)n4)cccn3c2-c2ccccc2)c(O)c(C(C)(C)C)c1.[Pt]. The maximum absolute atomic E-state index is 11.7. The normalized spacial score (nSPS) is 11.8. The summed E-state index contributed by atoms with van der Waals surface area (Å²) in [5, 5.41) is 21.2. The first kappa shape index (κ1) is 29.2. The summed E-state index contributed by atoms with van der Waals surface area (Å²) >= 11 is 0. The van der Waals surface area contributed by atoms with E-state index < -0.39 is 5.97 Å². The first-order valence-corrected chi connectivity index (χ1v) is 13.0. The van der Waals surface area contributed by atoms with Crippen molar-refractivity contribution < 1.29 is 36.1 Å². The van der Waals surface area contributed by atoms with Gasteiger partial charge in [0.1, 0.15) is 22.8 Å². The van der Waals surface area contributed by atoms with Gasteiger partial charge in [-0.3, -0.25) is 4.40 Å². The molecule has 0 fully saturated rings. The van der Waals surface area contributed by atoms with E-state index in [1.54, 1.807) is 12.1 Å². The van der Waals surface area contributed by atoms with Crippen LogP contribution in [0.3, 0.4) is 0 Å². The molecule has 0 unspecified atom stereocenters. The van der Waals surface area contributed by atoms with Crippen LogP contribution >= 0.6 is 0 Å². The third-order valence-corrected chi connectivity index (χ3v) is 6.98. The van der Waals surface area contributed by atoms with Gasteiger partial charge in [-0.15, -0.1) is 0 Å². The fraction of sp³-hybridized carbons (Fsp3) is 0.242. The van der Waals surface area contributed by atoms with E-state index in [1.165, 1.54) is 6.07 Å². The number of fused-ring (bicyclic) bond motifs is 1. The number of hydrogen-bond acceptors (Lipinski definition) is 4. The van der Waals surface area contributed by atoms with Crippen LogP contribution in [0, 0.1) is 0 Å². The molecular weight excluding hydrogens is 681 g/mol. The third-order valence-electron chi connectivity index (χ3n) is 6.98. The Morgan fingerprint density at radius 1 is 0.800 bits per heavy atom. The molecule has 0 amide bonds. The number of phenolic OH excluding ortho intramolecular Hbond substituents is 1. The number of nitrogens with zero attached hydrogens (tertiary/aromatic N) is 3. The van der Waals surface area contributed by atoms with Crippen LogP contribution in [0.25, 0.3) is 39.4 Å². The van der Waals surface area contributed by atoms with Gasteiger partial charge in [-0.2, -0.15) is 0 Å². The molecule has 3 heterocycles. The molecule has 2 aromatic carbocycles. The molecule has 7 heteroatoms. The van der Waals surface area contributed by atoms with Gasteiger partial charge in [-0.05, 0) is 46.7 Å². The molecule has 40 heavy (non-hydrogen) atoms. The van der Waals surface area contributed by atoms with E-state index in [9.17, 15) is 15.0 Å². The molecule has 0 spiro atoms. The molecule has 0 radical (unpaired) electrons. The number of hydrogen-bond donors (Lipinski definition) is 2. The summed E-state index contributed by atoms with van der Waals surface area (Å²) in [4.78, 5) is 21.1. The summed E-state index contributed by atoms with van der Waals surface area (Å²) in [6.45, 7) is 12.8. The van der Waals surface area contributed by atoms with E-state index in [2.05, 4.69) is 52.6 Å². The Hall–Kier alpha value is -3.76. The Kier molecular flexibility index (Phi) is 7.79. The van der Waals surface area contributed by atoms with E-state index in [1.807, 2.05) is 59.1 Å². The van der Waals surface area contributed by atoms with Crippen LogP contribution in [0.4, 0.5) is 0 Å². The predicted molar refractivity (Wildman–Crippen MR) is 155 cm³/mol. The van der Waals surface area contributed by atoms with E-state index in [4.69, 9.17) is 4.98 Å². The summed E-state index contributed by atoms with van der Waals surface area (Å²) in [6.07, 6.45) is 1.94. The van der Waals surface area contributed by atoms with E-state index >= 15 is 0 Å². The van der Waals surface area contributed by atoms with Gasteiger partial charge in [0.2, 0.25) is 0 Å². The number of aromatic hydroxyl groups is 1. The summed E-state index contributed by atoms with van der Waals surface area (Å²) in [7, 11) is 0. The van der Waals surface area contributed by atoms with Crippen molar-refractivity contribution in [2.45, 2.75) is 52.4 Å². The van der Waals surface area contributed by atoms with Gasteiger partial charge in [-0.1, -0.05) is 84.0 Å². The number of carboxylic acids is 1. The molecule has 5 aromatic rings. The number of imidazole rings is 1. The maximum Gasteiger partial charge on any atom is 0.354 e. The molecule has 0 aliphatic heterocycles. The van der Waals surface area contributed by atoms with Gasteiger partial charge in [0, 0.05) is 49.5 Å². The minimum Gasteiger partial charge on any atom is -0.507 e. The fourth-order valence-electron chi connectivity index (χ4n) is 4.85. The smallest absolute Gasteiger partial charge is 0.354 e. The van der Waals surface area contributed by atoms with E-state index in [0.29, 0.717) is 28.2 Å². The Bertz CT molecular complexity index is 1710. The molecular formula is C33H33N3O3Pt. The van der Waals surface area contributed by atoms with Crippen LogP contribution in [0.15, 0.2) is 79.0 Å². The maximum atomic E-state index is 11.7. The summed E-state index contributed by atoms with van der Waals surface area (Å²) in [5.74, 6) is -0.875. The molecule has 3 aromatic heterocycles. The van der Waals surface area contributed by atoms with Gasteiger partial charge < -0.3 is 10.2 Å². The van der Waals surface area contributed by atoms with Crippen molar-refractivity contribution in [2.75, 3.05) is 0 Å². The first-order valence-electron chi connectivity index (χ1n) is 13.0. The largest absolute Gasteiger partial charge is 0.507 e. The van der Waals surface area contributed by atoms with Gasteiger partial charge in [0.25, 0.3) is 0 Å². The summed E-state index contributed by atoms with van der Waals surface area (Å²) in [5.41, 5.74) is 6.42. The Morgan fingerprint density at radius 3 is 2.12 bits per heavy atom. The van der Waals surface area contributed by atoms with Crippen LogP contribution in [0.1, 0.15) is 63.2 Å². The zero-order valence-electron chi connectivity index (χ0n) is 23.5. The number of aromatic carboxylic acids is 1. The molecule has 0 aliphatic carbocycles. The van der Waals surface area contributed by atoms with E-state index in [-0.39, 0.29) is 43.3 Å². The van der Waals surface area contributed by atoms with Crippen molar-refractivity contribution in [1.29, 1.82) is 0 Å². The second kappa shape index (κ2) is 10.7. The molecule has 2 N–H and O–H groups in total. The molecule has 0 saturated heterocycles. The summed E-state index contributed by atoms with van der Waals surface area (Å²) < 4.78 is 2.00. The zero-order chi connectivity index (χ0) is 28.1. The average Bonchev–Trinajstić information content (AvgIpc) is 3.27. The van der Waals surface area contributed by atoms with Crippen LogP contribution in [0.2, 0.25) is 0 Å². The van der Waals surface area contributed by atoms with Crippen LogP contribution < -0.4 is 0 Å². The van der Waals surface area contributed by atoms with Crippen molar-refractivity contribution in [3.8, 4) is 39.5 Å². The number of rotatable bonds is 4. The predicted octanol–water partition coefficient (Wildman–Crippen LogP) is 7.73. The van der Waals surface area contributed by atoms with Crippen molar-refractivity contribution in [3.05, 3.63) is 95.8 Å². The molecule has 0 saturated carbocycles. The number of phenols is 1. The standard InChI is InChI=1S/C33H33N3O3.Pt/c1-32(2,3)21-18-23(29(37)24(19-21)33(4,5)6)27-28(20-12-8-7-9-13-20)36-17-11-14-22(30(36)35-27)25-15-10-16-26(34-25)31(38)39;/h7-19,37H,1-6H3,(H,38,39);. The summed E-state index contributed by atoms with van der Waals surface area (Å²) in [6, 6.07) is 22.9. The number of carbonyl (C=O) groups is 1. The Labute approximate surface area is 249 Å². The van der Waals surface area contributed by atoms with Crippen molar-refractivity contribution in [2.24, 2.45) is 0 Å². The van der Waals surface area contributed by atoms with Gasteiger partial charge in [0.15, 0.2) is 0 Å². The van der Waals surface area contributed by atoms with Crippen molar-refractivity contribution in [1.82, 2.24) is 14.4 Å². The molecule has 0 bridgehead atoms.